The van der Waals surface area contributed by atoms with Crippen molar-refractivity contribution in [1.82, 2.24) is 0 Å². The number of phenols is 1. The van der Waals surface area contributed by atoms with Gasteiger partial charge < -0.3 is 24.8 Å². The Morgan fingerprint density at radius 2 is 1.83 bits per heavy atom. The summed E-state index contributed by atoms with van der Waals surface area (Å²) in [5.74, 6) is -2.91. The number of aliphatic hydroxyl groups excluding tert-OH is 1. The molecule has 3 unspecified atom stereocenters. The highest BCUT2D eigenvalue weighted by atomic mass is 35.5. The summed E-state index contributed by atoms with van der Waals surface area (Å²) in [6.07, 6.45) is 1.14. The van der Waals surface area contributed by atoms with Crippen molar-refractivity contribution in [3.63, 3.8) is 0 Å². The average molecular weight is 447 g/mol. The smallest absolute Gasteiger partial charge is 0.340 e. The molecule has 9 heteroatoms. The number of carboxylic acids is 1. The number of carbonyl (C=O) groups is 2. The number of rotatable bonds is 1. The number of allylic oxidation sites excluding steroid dienone is 2. The molecule has 7 nitrogen and oxygen atoms in total. The van der Waals surface area contributed by atoms with Crippen LogP contribution in [0.25, 0.3) is 0 Å². The van der Waals surface area contributed by atoms with Gasteiger partial charge in [0.2, 0.25) is 0 Å². The van der Waals surface area contributed by atoms with E-state index in [1.54, 1.807) is 24.3 Å². The molecule has 0 saturated carbocycles. The second-order valence-electron chi connectivity index (χ2n) is 7.09. The second-order valence-corrected chi connectivity index (χ2v) is 8.12. The molecule has 0 aromatic heterocycles. The van der Waals surface area contributed by atoms with Gasteiger partial charge in [-0.05, 0) is 18.2 Å². The van der Waals surface area contributed by atoms with Crippen molar-refractivity contribution in [3.05, 3.63) is 82.3 Å². The van der Waals surface area contributed by atoms with E-state index in [1.165, 1.54) is 18.2 Å². The molecule has 30 heavy (non-hydrogen) atoms. The van der Waals surface area contributed by atoms with E-state index < -0.39 is 33.6 Å². The Labute approximate surface area is 179 Å². The lowest BCUT2D eigenvalue weighted by molar-refractivity contribution is -0.140. The predicted octanol–water partition coefficient (Wildman–Crippen LogP) is 3.58. The number of halogens is 2. The summed E-state index contributed by atoms with van der Waals surface area (Å²) >= 11 is 12.9. The van der Waals surface area contributed by atoms with Crippen molar-refractivity contribution in [3.8, 4) is 11.5 Å². The Balaban J connectivity index is 1.95. The molecule has 2 heterocycles. The predicted molar refractivity (Wildman–Crippen MR) is 105 cm³/mol. The molecule has 1 aliphatic carbocycles. The van der Waals surface area contributed by atoms with Crippen LogP contribution in [0.15, 0.2) is 65.6 Å². The molecule has 0 radical (unpaired) electrons. The van der Waals surface area contributed by atoms with E-state index in [0.29, 0.717) is 5.56 Å². The number of esters is 1. The summed E-state index contributed by atoms with van der Waals surface area (Å²) in [7, 11) is 0. The van der Waals surface area contributed by atoms with Crippen molar-refractivity contribution in [2.45, 2.75) is 15.9 Å². The van der Waals surface area contributed by atoms with E-state index in [4.69, 9.17) is 32.7 Å². The van der Waals surface area contributed by atoms with Crippen LogP contribution in [0.1, 0.15) is 21.5 Å². The number of aromatic hydroxyl groups is 1. The number of hydrogen-bond acceptors (Lipinski definition) is 6. The van der Waals surface area contributed by atoms with Crippen LogP contribution in [0.3, 0.4) is 0 Å². The summed E-state index contributed by atoms with van der Waals surface area (Å²) in [4.78, 5) is 22.8. The standard InChI is InChI=1S/C21H12Cl2O7/c22-17-13(25)8-15-16(20(17,23)19(27)28)21(12-6-5-9(24)7-14(12)29-15)11-4-2-1-3-10(11)18(26)30-21/h1-8,17,24-25H,(H,27,28). The Hall–Kier alpha value is -3.16. The van der Waals surface area contributed by atoms with Gasteiger partial charge in [0.15, 0.2) is 10.5 Å². The fourth-order valence-electron chi connectivity index (χ4n) is 4.26. The third-order valence-corrected chi connectivity index (χ3v) is 6.73. The van der Waals surface area contributed by atoms with E-state index in [9.17, 15) is 24.9 Å². The van der Waals surface area contributed by atoms with Crippen LogP contribution in [0.5, 0.6) is 11.5 Å². The SMILES string of the molecule is O=C1OC2(C3=C(C=C(O)C(Cl)C3(Cl)C(=O)O)Oc3cc(O)ccc32)c2ccccc21. The molecule has 152 valence electrons. The van der Waals surface area contributed by atoms with Crippen molar-refractivity contribution < 1.29 is 34.4 Å². The van der Waals surface area contributed by atoms with E-state index >= 15 is 0 Å². The normalized spacial score (nSPS) is 28.8. The van der Waals surface area contributed by atoms with Crippen molar-refractivity contribution in [1.29, 1.82) is 0 Å². The molecule has 0 saturated heterocycles. The van der Waals surface area contributed by atoms with Crippen LogP contribution >= 0.6 is 23.2 Å². The van der Waals surface area contributed by atoms with Crippen LogP contribution in [-0.4, -0.2) is 37.5 Å². The lowest BCUT2D eigenvalue weighted by Gasteiger charge is -2.45. The fraction of sp³-hybridized carbons (Fsp3) is 0.143. The number of phenolic OH excluding ortho intramolecular Hbond substituents is 1. The lowest BCUT2D eigenvalue weighted by atomic mass is 9.69. The average Bonchev–Trinajstić information content (AvgIpc) is 2.99. The quantitative estimate of drug-likeness (QED) is 0.453. The number of hydrogen-bond donors (Lipinski definition) is 3. The monoisotopic (exact) mass is 446 g/mol. The zero-order chi connectivity index (χ0) is 21.4. The molecule has 2 aliphatic heterocycles. The summed E-state index contributed by atoms with van der Waals surface area (Å²) in [5.41, 5.74) is -1.09. The number of aliphatic hydroxyl groups is 1. The highest BCUT2D eigenvalue weighted by molar-refractivity contribution is 6.43. The van der Waals surface area contributed by atoms with Crippen LogP contribution in [-0.2, 0) is 15.1 Å². The van der Waals surface area contributed by atoms with Gasteiger partial charge in [-0.2, -0.15) is 0 Å². The van der Waals surface area contributed by atoms with Gasteiger partial charge in [-0.15, -0.1) is 11.6 Å². The number of carbonyl (C=O) groups excluding carboxylic acids is 1. The summed E-state index contributed by atoms with van der Waals surface area (Å²) in [5, 5.41) is 28.7. The maximum Gasteiger partial charge on any atom is 0.340 e. The Bertz CT molecular complexity index is 1220. The largest absolute Gasteiger partial charge is 0.511 e. The van der Waals surface area contributed by atoms with Gasteiger partial charge in [-0.1, -0.05) is 29.8 Å². The van der Waals surface area contributed by atoms with Gasteiger partial charge in [0.1, 0.15) is 28.4 Å². The van der Waals surface area contributed by atoms with E-state index in [-0.39, 0.29) is 34.0 Å². The van der Waals surface area contributed by atoms with Crippen molar-refractivity contribution in [2.75, 3.05) is 0 Å². The zero-order valence-electron chi connectivity index (χ0n) is 14.9. The van der Waals surface area contributed by atoms with Crippen molar-refractivity contribution in [2.24, 2.45) is 0 Å². The van der Waals surface area contributed by atoms with Gasteiger partial charge in [-0.3, -0.25) is 0 Å². The Morgan fingerprint density at radius 3 is 2.57 bits per heavy atom. The van der Waals surface area contributed by atoms with Crippen LogP contribution in [0.2, 0.25) is 0 Å². The third kappa shape index (κ3) is 2.11. The fourth-order valence-corrected chi connectivity index (χ4v) is 4.86. The molecule has 2 aromatic carbocycles. The number of fused-ring (bicyclic) bond motifs is 5. The molecule has 5 rings (SSSR count). The second kappa shape index (κ2) is 5.93. The Morgan fingerprint density at radius 1 is 1.10 bits per heavy atom. The van der Waals surface area contributed by atoms with E-state index in [0.717, 1.165) is 6.08 Å². The van der Waals surface area contributed by atoms with Gasteiger partial charge in [0.25, 0.3) is 0 Å². The number of carboxylic acid groups (broad SMARTS) is 1. The first-order chi connectivity index (χ1) is 14.2. The maximum absolute atomic E-state index is 12.8. The van der Waals surface area contributed by atoms with E-state index in [2.05, 4.69) is 0 Å². The minimum absolute atomic E-state index is 0.111. The number of alkyl halides is 2. The highest BCUT2D eigenvalue weighted by Crippen LogP contribution is 2.60. The number of aliphatic carboxylic acids is 1. The van der Waals surface area contributed by atoms with Crippen molar-refractivity contribution >= 4 is 35.1 Å². The molecule has 3 N–H and O–H groups in total. The first-order valence-electron chi connectivity index (χ1n) is 8.77. The summed E-state index contributed by atoms with van der Waals surface area (Å²) < 4.78 is 11.7. The van der Waals surface area contributed by atoms with Gasteiger partial charge >= 0.3 is 11.9 Å². The van der Waals surface area contributed by atoms with Gasteiger partial charge in [0.05, 0.1) is 11.1 Å². The summed E-state index contributed by atoms with van der Waals surface area (Å²) in [6.45, 7) is 0. The molecule has 0 amide bonds. The maximum atomic E-state index is 12.8. The molecular weight excluding hydrogens is 435 g/mol. The van der Waals surface area contributed by atoms with Crippen LogP contribution in [0, 0.1) is 0 Å². The molecule has 0 fully saturated rings. The van der Waals surface area contributed by atoms with Gasteiger partial charge in [-0.25, -0.2) is 9.59 Å². The minimum Gasteiger partial charge on any atom is -0.511 e. The van der Waals surface area contributed by atoms with Crippen LogP contribution in [0.4, 0.5) is 0 Å². The first-order valence-corrected chi connectivity index (χ1v) is 9.59. The molecule has 1 spiro atoms. The molecular formula is C21H12Cl2O7. The summed E-state index contributed by atoms with van der Waals surface area (Å²) in [6, 6.07) is 10.6. The molecule has 3 aliphatic rings. The Kier molecular flexibility index (Phi) is 3.73. The zero-order valence-corrected chi connectivity index (χ0v) is 16.4. The topological polar surface area (TPSA) is 113 Å². The minimum atomic E-state index is -2.40. The molecule has 2 aromatic rings. The molecule has 0 bridgehead atoms. The third-order valence-electron chi connectivity index (χ3n) is 5.50. The lowest BCUT2D eigenvalue weighted by Crippen LogP contribution is -2.55. The number of benzene rings is 2. The van der Waals surface area contributed by atoms with E-state index in [1.807, 2.05) is 0 Å². The first kappa shape index (κ1) is 18.8. The molecule has 3 atom stereocenters. The van der Waals surface area contributed by atoms with Crippen LogP contribution < -0.4 is 4.74 Å². The van der Waals surface area contributed by atoms with Gasteiger partial charge in [0, 0.05) is 23.3 Å². The highest BCUT2D eigenvalue weighted by Gasteiger charge is 2.66. The number of ether oxygens (including phenoxy) is 2.